The van der Waals surface area contributed by atoms with Crippen LogP contribution in [-0.2, 0) is 9.53 Å². The zero-order valence-electron chi connectivity index (χ0n) is 14.2. The van der Waals surface area contributed by atoms with Crippen LogP contribution in [0.2, 0.25) is 0 Å². The molecule has 1 fully saturated rings. The lowest BCUT2D eigenvalue weighted by Gasteiger charge is -2.33. The third kappa shape index (κ3) is 5.94. The molecule has 2 N–H and O–H groups in total. The first-order chi connectivity index (χ1) is 9.57. The maximum absolute atomic E-state index is 12.1. The topological polar surface area (TPSA) is 67.4 Å². The summed E-state index contributed by atoms with van der Waals surface area (Å²) in [4.78, 5) is 23.9. The average Bonchev–Trinajstić information content (AvgIpc) is 3.17. The van der Waals surface area contributed by atoms with Gasteiger partial charge in [0.1, 0.15) is 5.60 Å². The van der Waals surface area contributed by atoms with Crippen LogP contribution in [0.1, 0.15) is 60.8 Å². The van der Waals surface area contributed by atoms with Crippen LogP contribution in [-0.4, -0.2) is 29.7 Å². The minimum atomic E-state index is -0.514. The molecule has 0 heterocycles. The number of alkyl carbamates (subject to hydrolysis) is 1. The molecule has 2 amide bonds. The number of nitrogens with one attached hydrogen (secondary N) is 2. The summed E-state index contributed by atoms with van der Waals surface area (Å²) >= 11 is 0. The van der Waals surface area contributed by atoms with Crippen molar-refractivity contribution in [3.63, 3.8) is 0 Å². The van der Waals surface area contributed by atoms with E-state index in [2.05, 4.69) is 10.6 Å². The second-order valence-corrected chi connectivity index (χ2v) is 7.35. The molecule has 0 bridgehead atoms. The van der Waals surface area contributed by atoms with Crippen LogP contribution < -0.4 is 10.6 Å². The molecule has 1 aliphatic carbocycles. The van der Waals surface area contributed by atoms with E-state index < -0.39 is 17.2 Å². The summed E-state index contributed by atoms with van der Waals surface area (Å²) in [5.74, 6) is 0.475. The largest absolute Gasteiger partial charge is 0.444 e. The Morgan fingerprint density at radius 2 is 1.81 bits per heavy atom. The van der Waals surface area contributed by atoms with Gasteiger partial charge in [-0.1, -0.05) is 13.8 Å². The first-order valence-corrected chi connectivity index (χ1v) is 7.86. The molecule has 0 aromatic carbocycles. The van der Waals surface area contributed by atoms with Crippen molar-refractivity contribution >= 4 is 12.0 Å². The highest BCUT2D eigenvalue weighted by Crippen LogP contribution is 2.39. The first-order valence-electron chi connectivity index (χ1n) is 7.86. The minimum absolute atomic E-state index is 0.00963. The van der Waals surface area contributed by atoms with Gasteiger partial charge in [0, 0.05) is 12.5 Å². The molecule has 1 aliphatic rings. The van der Waals surface area contributed by atoms with Crippen LogP contribution in [0.5, 0.6) is 0 Å². The molecule has 21 heavy (non-hydrogen) atoms. The molecule has 2 atom stereocenters. The Morgan fingerprint density at radius 3 is 2.24 bits per heavy atom. The summed E-state index contributed by atoms with van der Waals surface area (Å²) in [7, 11) is 0. The van der Waals surface area contributed by atoms with Gasteiger partial charge < -0.3 is 15.4 Å². The number of hydrogen-bond acceptors (Lipinski definition) is 3. The second kappa shape index (κ2) is 6.67. The Bertz CT molecular complexity index is 385. The smallest absolute Gasteiger partial charge is 0.407 e. The van der Waals surface area contributed by atoms with Gasteiger partial charge in [-0.2, -0.15) is 0 Å². The number of ether oxygens (including phenoxy) is 1. The highest BCUT2D eigenvalue weighted by Gasteiger charge is 2.43. The monoisotopic (exact) mass is 298 g/mol. The van der Waals surface area contributed by atoms with Crippen molar-refractivity contribution in [3.05, 3.63) is 0 Å². The molecular weight excluding hydrogens is 268 g/mol. The molecule has 0 aromatic rings. The average molecular weight is 298 g/mol. The molecule has 0 radical (unpaired) electrons. The highest BCUT2D eigenvalue weighted by molar-refractivity contribution is 5.79. The Labute approximate surface area is 128 Å². The molecule has 1 saturated carbocycles. The predicted octanol–water partition coefficient (Wildman–Crippen LogP) is 2.84. The molecule has 5 heteroatoms. The number of carbonyl (C=O) groups is 2. The summed E-state index contributed by atoms with van der Waals surface area (Å²) in [5, 5.41) is 5.90. The highest BCUT2D eigenvalue weighted by atomic mass is 16.6. The molecule has 1 rings (SSSR count). The van der Waals surface area contributed by atoms with Gasteiger partial charge in [-0.05, 0) is 52.9 Å². The Morgan fingerprint density at radius 1 is 1.24 bits per heavy atom. The van der Waals surface area contributed by atoms with Crippen LogP contribution in [0.25, 0.3) is 0 Å². The molecule has 0 aromatic heterocycles. The van der Waals surface area contributed by atoms with Crippen molar-refractivity contribution in [3.8, 4) is 0 Å². The van der Waals surface area contributed by atoms with E-state index in [-0.39, 0.29) is 11.8 Å². The molecule has 0 saturated heterocycles. The quantitative estimate of drug-likeness (QED) is 0.792. The fourth-order valence-electron chi connectivity index (χ4n) is 2.17. The minimum Gasteiger partial charge on any atom is -0.444 e. The summed E-state index contributed by atoms with van der Waals surface area (Å²) in [6.07, 6.45) is 2.55. The van der Waals surface area contributed by atoms with E-state index >= 15 is 0 Å². The fraction of sp³-hybridized carbons (Fsp3) is 0.875. The third-order valence-electron chi connectivity index (χ3n) is 3.95. The number of amides is 2. The van der Waals surface area contributed by atoms with Gasteiger partial charge in [-0.15, -0.1) is 0 Å². The van der Waals surface area contributed by atoms with Gasteiger partial charge in [0.2, 0.25) is 5.91 Å². The third-order valence-corrected chi connectivity index (χ3v) is 3.95. The van der Waals surface area contributed by atoms with Crippen LogP contribution in [0.3, 0.4) is 0 Å². The van der Waals surface area contributed by atoms with Crippen LogP contribution in [0, 0.1) is 11.8 Å². The number of rotatable bonds is 6. The molecule has 2 unspecified atom stereocenters. The lowest BCUT2D eigenvalue weighted by Crippen LogP contribution is -2.56. The molecule has 5 nitrogen and oxygen atoms in total. The summed E-state index contributed by atoms with van der Waals surface area (Å²) in [5.41, 5.74) is -0.905. The van der Waals surface area contributed by atoms with E-state index in [1.54, 1.807) is 0 Å². The van der Waals surface area contributed by atoms with E-state index in [0.717, 1.165) is 19.3 Å². The summed E-state index contributed by atoms with van der Waals surface area (Å²) in [6.45, 7) is 11.8. The Balaban J connectivity index is 2.57. The molecule has 0 spiro atoms. The standard InChI is InChI=1S/C16H30N2O3/c1-7-11(2)13(19)18-16(6,12-8-9-12)10-17-14(20)21-15(3,4)5/h11-12H,7-10H2,1-6H3,(H,17,20)(H,18,19). The molecular formula is C16H30N2O3. The van der Waals surface area contributed by atoms with E-state index in [1.807, 2.05) is 41.5 Å². The van der Waals surface area contributed by atoms with Crippen molar-refractivity contribution in [2.45, 2.75) is 71.9 Å². The van der Waals surface area contributed by atoms with Gasteiger partial charge in [-0.25, -0.2) is 4.79 Å². The van der Waals surface area contributed by atoms with Crippen molar-refractivity contribution in [1.82, 2.24) is 10.6 Å². The van der Waals surface area contributed by atoms with E-state index in [1.165, 1.54) is 0 Å². The van der Waals surface area contributed by atoms with E-state index in [4.69, 9.17) is 4.74 Å². The van der Waals surface area contributed by atoms with Gasteiger partial charge in [-0.3, -0.25) is 4.79 Å². The predicted molar refractivity (Wildman–Crippen MR) is 83.0 cm³/mol. The SMILES string of the molecule is CCC(C)C(=O)NC(C)(CNC(=O)OC(C)(C)C)C1CC1. The maximum Gasteiger partial charge on any atom is 0.407 e. The Hall–Kier alpha value is -1.26. The van der Waals surface area contributed by atoms with E-state index in [0.29, 0.717) is 12.5 Å². The molecule has 0 aliphatic heterocycles. The zero-order valence-corrected chi connectivity index (χ0v) is 14.2. The second-order valence-electron chi connectivity index (χ2n) is 7.35. The summed E-state index contributed by atoms with van der Waals surface area (Å²) < 4.78 is 5.24. The van der Waals surface area contributed by atoms with Crippen molar-refractivity contribution < 1.29 is 14.3 Å². The van der Waals surface area contributed by atoms with Gasteiger partial charge in [0.25, 0.3) is 0 Å². The van der Waals surface area contributed by atoms with Gasteiger partial charge >= 0.3 is 6.09 Å². The van der Waals surface area contributed by atoms with Gasteiger partial charge in [0.15, 0.2) is 0 Å². The van der Waals surface area contributed by atoms with Crippen LogP contribution in [0.4, 0.5) is 4.79 Å². The fourth-order valence-corrected chi connectivity index (χ4v) is 2.17. The van der Waals surface area contributed by atoms with Crippen LogP contribution in [0.15, 0.2) is 0 Å². The normalized spacial score (nSPS) is 19.3. The van der Waals surface area contributed by atoms with Crippen LogP contribution >= 0.6 is 0 Å². The van der Waals surface area contributed by atoms with E-state index in [9.17, 15) is 9.59 Å². The maximum atomic E-state index is 12.1. The van der Waals surface area contributed by atoms with Crippen molar-refractivity contribution in [2.75, 3.05) is 6.54 Å². The zero-order chi connectivity index (χ0) is 16.3. The lowest BCUT2D eigenvalue weighted by molar-refractivity contribution is -0.126. The lowest BCUT2D eigenvalue weighted by atomic mass is 9.94. The van der Waals surface area contributed by atoms with Crippen molar-refractivity contribution in [2.24, 2.45) is 11.8 Å². The molecule has 122 valence electrons. The Kier molecular flexibility index (Phi) is 5.65. The first kappa shape index (κ1) is 17.8. The summed E-state index contributed by atoms with van der Waals surface area (Å²) in [6, 6.07) is 0. The van der Waals surface area contributed by atoms with Crippen molar-refractivity contribution in [1.29, 1.82) is 0 Å². The number of carbonyl (C=O) groups excluding carboxylic acids is 2. The van der Waals surface area contributed by atoms with Gasteiger partial charge in [0.05, 0.1) is 5.54 Å². The number of hydrogen-bond donors (Lipinski definition) is 2.